The standard InChI is InChI=1S/C17H22N2O3/c1-14(20)18-12-17(13-18)9-5-6-10-19(17)16(21)22-11-15-7-3-2-4-8-15/h2-4,7-8H,5-6,9-13H2,1H3. The van der Waals surface area contributed by atoms with E-state index in [1.807, 2.05) is 35.2 Å². The summed E-state index contributed by atoms with van der Waals surface area (Å²) < 4.78 is 5.48. The van der Waals surface area contributed by atoms with Crippen molar-refractivity contribution in [3.63, 3.8) is 0 Å². The fraction of sp³-hybridized carbons (Fsp3) is 0.529. The van der Waals surface area contributed by atoms with Crippen LogP contribution < -0.4 is 0 Å². The predicted octanol–water partition coefficient (Wildman–Crippen LogP) is 2.41. The molecule has 2 heterocycles. The van der Waals surface area contributed by atoms with Crippen molar-refractivity contribution in [2.24, 2.45) is 0 Å². The Hall–Kier alpha value is -2.04. The predicted molar refractivity (Wildman–Crippen MR) is 82.2 cm³/mol. The maximum absolute atomic E-state index is 12.5. The minimum Gasteiger partial charge on any atom is -0.445 e. The van der Waals surface area contributed by atoms with E-state index in [1.54, 1.807) is 11.8 Å². The number of carbonyl (C=O) groups is 2. The lowest BCUT2D eigenvalue weighted by Gasteiger charge is -2.57. The van der Waals surface area contributed by atoms with E-state index in [0.29, 0.717) is 19.7 Å². The first kappa shape index (κ1) is 14.9. The van der Waals surface area contributed by atoms with Crippen molar-refractivity contribution < 1.29 is 14.3 Å². The Morgan fingerprint density at radius 2 is 1.91 bits per heavy atom. The van der Waals surface area contributed by atoms with Crippen LogP contribution in [0.15, 0.2) is 30.3 Å². The van der Waals surface area contributed by atoms with Crippen molar-refractivity contribution in [1.29, 1.82) is 0 Å². The zero-order chi connectivity index (χ0) is 15.6. The molecule has 0 aliphatic carbocycles. The topological polar surface area (TPSA) is 49.9 Å². The van der Waals surface area contributed by atoms with Crippen LogP contribution in [0.5, 0.6) is 0 Å². The molecule has 22 heavy (non-hydrogen) atoms. The molecular weight excluding hydrogens is 280 g/mol. The molecule has 0 bridgehead atoms. The molecule has 0 aromatic heterocycles. The quantitative estimate of drug-likeness (QED) is 0.843. The number of amides is 2. The van der Waals surface area contributed by atoms with Crippen LogP contribution in [0.4, 0.5) is 4.79 Å². The van der Waals surface area contributed by atoms with Gasteiger partial charge in [0.1, 0.15) is 6.61 Å². The van der Waals surface area contributed by atoms with Crippen molar-refractivity contribution >= 4 is 12.0 Å². The van der Waals surface area contributed by atoms with Gasteiger partial charge in [0.15, 0.2) is 0 Å². The Balaban J connectivity index is 1.61. The van der Waals surface area contributed by atoms with Crippen LogP contribution in [0, 0.1) is 0 Å². The maximum Gasteiger partial charge on any atom is 0.410 e. The van der Waals surface area contributed by atoms with E-state index in [0.717, 1.165) is 31.4 Å². The highest BCUT2D eigenvalue weighted by molar-refractivity contribution is 5.76. The summed E-state index contributed by atoms with van der Waals surface area (Å²) in [5.74, 6) is 0.0776. The van der Waals surface area contributed by atoms with Crippen molar-refractivity contribution in [3.8, 4) is 0 Å². The second kappa shape index (κ2) is 5.99. The summed E-state index contributed by atoms with van der Waals surface area (Å²) >= 11 is 0. The van der Waals surface area contributed by atoms with Gasteiger partial charge >= 0.3 is 6.09 Å². The van der Waals surface area contributed by atoms with Gasteiger partial charge < -0.3 is 9.64 Å². The van der Waals surface area contributed by atoms with Crippen molar-refractivity contribution in [2.75, 3.05) is 19.6 Å². The van der Waals surface area contributed by atoms with Crippen LogP contribution in [-0.4, -0.2) is 47.0 Å². The Bertz CT molecular complexity index is 552. The molecule has 2 aliphatic rings. The number of piperidine rings is 1. The average molecular weight is 302 g/mol. The molecule has 1 spiro atoms. The summed E-state index contributed by atoms with van der Waals surface area (Å²) in [6.07, 6.45) is 2.81. The lowest BCUT2D eigenvalue weighted by Crippen LogP contribution is -2.73. The van der Waals surface area contributed by atoms with Gasteiger partial charge in [-0.3, -0.25) is 9.69 Å². The van der Waals surface area contributed by atoms with Crippen molar-refractivity contribution in [2.45, 2.75) is 38.3 Å². The van der Waals surface area contributed by atoms with E-state index in [4.69, 9.17) is 4.74 Å². The summed E-state index contributed by atoms with van der Waals surface area (Å²) in [5, 5.41) is 0. The molecule has 0 N–H and O–H groups in total. The monoisotopic (exact) mass is 302 g/mol. The summed E-state index contributed by atoms with van der Waals surface area (Å²) in [4.78, 5) is 27.5. The van der Waals surface area contributed by atoms with E-state index in [-0.39, 0.29) is 17.5 Å². The van der Waals surface area contributed by atoms with E-state index in [2.05, 4.69) is 0 Å². The highest BCUT2D eigenvalue weighted by Crippen LogP contribution is 2.37. The third-order valence-corrected chi connectivity index (χ3v) is 4.69. The molecule has 2 aliphatic heterocycles. The van der Waals surface area contributed by atoms with Crippen molar-refractivity contribution in [1.82, 2.24) is 9.80 Å². The van der Waals surface area contributed by atoms with Gasteiger partial charge in [0.05, 0.1) is 5.54 Å². The number of hydrogen-bond acceptors (Lipinski definition) is 3. The summed E-state index contributed by atoms with van der Waals surface area (Å²) in [5.41, 5.74) is 0.790. The van der Waals surface area contributed by atoms with Crippen LogP contribution in [0.3, 0.4) is 0 Å². The van der Waals surface area contributed by atoms with Gasteiger partial charge in [-0.1, -0.05) is 30.3 Å². The maximum atomic E-state index is 12.5. The molecule has 1 aromatic carbocycles. The average Bonchev–Trinajstić information content (AvgIpc) is 2.51. The fourth-order valence-corrected chi connectivity index (χ4v) is 3.39. The molecule has 2 saturated heterocycles. The smallest absolute Gasteiger partial charge is 0.410 e. The number of carbonyl (C=O) groups excluding carboxylic acids is 2. The molecule has 118 valence electrons. The summed E-state index contributed by atoms with van der Waals surface area (Å²) in [7, 11) is 0. The van der Waals surface area contributed by atoms with Gasteiger partial charge in [-0.25, -0.2) is 4.79 Å². The SMILES string of the molecule is CC(=O)N1CC2(CCCCN2C(=O)OCc2ccccc2)C1. The first-order chi connectivity index (χ1) is 10.6. The van der Waals surface area contributed by atoms with Crippen LogP contribution in [0.25, 0.3) is 0 Å². The van der Waals surface area contributed by atoms with E-state index in [1.165, 1.54) is 0 Å². The number of hydrogen-bond donors (Lipinski definition) is 0. The van der Waals surface area contributed by atoms with E-state index >= 15 is 0 Å². The molecule has 1 aromatic rings. The van der Waals surface area contributed by atoms with Crippen molar-refractivity contribution in [3.05, 3.63) is 35.9 Å². The minimum atomic E-state index is -0.258. The fourth-order valence-electron chi connectivity index (χ4n) is 3.39. The second-order valence-corrected chi connectivity index (χ2v) is 6.25. The van der Waals surface area contributed by atoms with Gasteiger partial charge in [-0.2, -0.15) is 0 Å². The molecule has 0 atom stereocenters. The van der Waals surface area contributed by atoms with Gasteiger partial charge in [-0.05, 0) is 24.8 Å². The molecule has 3 rings (SSSR count). The van der Waals surface area contributed by atoms with Gasteiger partial charge in [0.2, 0.25) is 5.91 Å². The summed E-state index contributed by atoms with van der Waals surface area (Å²) in [6.45, 7) is 3.88. The lowest BCUT2D eigenvalue weighted by atomic mass is 9.80. The number of rotatable bonds is 2. The number of ether oxygens (including phenoxy) is 1. The molecule has 2 fully saturated rings. The van der Waals surface area contributed by atoms with Crippen LogP contribution >= 0.6 is 0 Å². The normalized spacial score (nSPS) is 19.7. The highest BCUT2D eigenvalue weighted by Gasteiger charge is 2.51. The Morgan fingerprint density at radius 3 is 2.59 bits per heavy atom. The van der Waals surface area contributed by atoms with Gasteiger partial charge in [-0.15, -0.1) is 0 Å². The van der Waals surface area contributed by atoms with Crippen LogP contribution in [-0.2, 0) is 16.1 Å². The Kier molecular flexibility index (Phi) is 4.05. The zero-order valence-electron chi connectivity index (χ0n) is 13.0. The van der Waals surface area contributed by atoms with Crippen LogP contribution in [0.2, 0.25) is 0 Å². The Morgan fingerprint density at radius 1 is 1.18 bits per heavy atom. The lowest BCUT2D eigenvalue weighted by molar-refractivity contribution is -0.145. The summed E-state index contributed by atoms with van der Waals surface area (Å²) in [6, 6.07) is 9.69. The molecular formula is C17H22N2O3. The third-order valence-electron chi connectivity index (χ3n) is 4.69. The Labute approximate surface area is 130 Å². The number of likely N-dealkylation sites (tertiary alicyclic amines) is 2. The van der Waals surface area contributed by atoms with E-state index < -0.39 is 0 Å². The molecule has 0 saturated carbocycles. The molecule has 2 amide bonds. The largest absolute Gasteiger partial charge is 0.445 e. The molecule has 0 radical (unpaired) electrons. The number of nitrogens with zero attached hydrogens (tertiary/aromatic N) is 2. The van der Waals surface area contributed by atoms with E-state index in [9.17, 15) is 9.59 Å². The second-order valence-electron chi connectivity index (χ2n) is 6.25. The highest BCUT2D eigenvalue weighted by atomic mass is 16.6. The zero-order valence-corrected chi connectivity index (χ0v) is 13.0. The number of benzene rings is 1. The first-order valence-corrected chi connectivity index (χ1v) is 7.85. The minimum absolute atomic E-state index is 0.0776. The van der Waals surface area contributed by atoms with Gasteiger partial charge in [0.25, 0.3) is 0 Å². The molecule has 5 heteroatoms. The van der Waals surface area contributed by atoms with Gasteiger partial charge in [0, 0.05) is 26.6 Å². The van der Waals surface area contributed by atoms with Crippen LogP contribution in [0.1, 0.15) is 31.7 Å². The first-order valence-electron chi connectivity index (χ1n) is 7.85. The molecule has 0 unspecified atom stereocenters. The molecule has 5 nitrogen and oxygen atoms in total. The third kappa shape index (κ3) is 2.80.